The average Bonchev–Trinajstić information content (AvgIpc) is 2.84. The van der Waals surface area contributed by atoms with Crippen LogP contribution in [0.2, 0.25) is 0 Å². The lowest BCUT2D eigenvalue weighted by Crippen LogP contribution is -2.70. The lowest BCUT2D eigenvalue weighted by Gasteiger charge is -2.60. The highest BCUT2D eigenvalue weighted by Gasteiger charge is 2.69. The van der Waals surface area contributed by atoms with Gasteiger partial charge >= 0.3 is 5.30 Å². The zero-order valence-corrected chi connectivity index (χ0v) is 19.9. The second kappa shape index (κ2) is 7.85. The van der Waals surface area contributed by atoms with Crippen LogP contribution >= 0.6 is 23.5 Å². The lowest BCUT2D eigenvalue weighted by molar-refractivity contribution is -0.568. The Morgan fingerprint density at radius 3 is 2.62 bits per heavy atom. The molecule has 8 atom stereocenters. The van der Waals surface area contributed by atoms with Crippen molar-refractivity contribution in [3.8, 4) is 0 Å². The van der Waals surface area contributed by atoms with Crippen LogP contribution in [0.5, 0.6) is 0 Å². The highest BCUT2D eigenvalue weighted by molar-refractivity contribution is 8.14. The smallest absolute Gasteiger partial charge is 0.368 e. The van der Waals surface area contributed by atoms with Crippen LogP contribution in [0.25, 0.3) is 0 Å². The summed E-state index contributed by atoms with van der Waals surface area (Å²) < 4.78 is 18.1. The molecule has 5 aliphatic rings. The summed E-state index contributed by atoms with van der Waals surface area (Å²) in [5.41, 5.74) is -0.646. The van der Waals surface area contributed by atoms with Gasteiger partial charge in [0, 0.05) is 17.1 Å². The summed E-state index contributed by atoms with van der Waals surface area (Å²) in [7, 11) is 0. The Bertz CT molecular complexity index is 639. The predicted octanol–water partition coefficient (Wildman–Crippen LogP) is 5.55. The minimum Gasteiger partial charge on any atom is -0.446 e. The van der Waals surface area contributed by atoms with Crippen LogP contribution in [0.1, 0.15) is 67.2 Å². The van der Waals surface area contributed by atoms with E-state index in [2.05, 4.69) is 13.8 Å². The summed E-state index contributed by atoms with van der Waals surface area (Å²) >= 11 is 2.75. The molecule has 8 heteroatoms. The summed E-state index contributed by atoms with van der Waals surface area (Å²) in [5.74, 6) is 0.972. The van der Waals surface area contributed by atoms with Crippen molar-refractivity contribution in [3.05, 3.63) is 0 Å². The van der Waals surface area contributed by atoms with Crippen molar-refractivity contribution in [1.29, 1.82) is 0 Å². The first-order chi connectivity index (χ1) is 13.5. The first-order valence-corrected chi connectivity index (χ1v) is 12.6. The van der Waals surface area contributed by atoms with Gasteiger partial charge < -0.3 is 14.2 Å². The third kappa shape index (κ3) is 4.10. The second-order valence-electron chi connectivity index (χ2n) is 10.2. The molecule has 5 fully saturated rings. The number of thioether (sulfide) groups is 2. The summed E-state index contributed by atoms with van der Waals surface area (Å²) in [5, 5.41) is -0.245. The Balaban J connectivity index is 1.47. The number of rotatable bonds is 3. The van der Waals surface area contributed by atoms with Gasteiger partial charge in [-0.1, -0.05) is 46.4 Å². The van der Waals surface area contributed by atoms with E-state index in [1.54, 1.807) is 0 Å². The first-order valence-electron chi connectivity index (χ1n) is 10.7. The van der Waals surface area contributed by atoms with Crippen LogP contribution in [-0.2, 0) is 24.0 Å². The molecule has 1 saturated carbocycles. The van der Waals surface area contributed by atoms with E-state index in [1.165, 1.54) is 29.9 Å². The van der Waals surface area contributed by atoms with Crippen molar-refractivity contribution in [2.45, 2.75) is 95.1 Å². The molecule has 166 valence electrons. The van der Waals surface area contributed by atoms with Gasteiger partial charge in [0.25, 0.3) is 0 Å². The van der Waals surface area contributed by atoms with Crippen LogP contribution in [0.4, 0.5) is 4.79 Å². The summed E-state index contributed by atoms with van der Waals surface area (Å²) in [6, 6.07) is 0. The molecule has 1 spiro atoms. The summed E-state index contributed by atoms with van der Waals surface area (Å²) in [6.45, 7) is 12.5. The largest absolute Gasteiger partial charge is 0.446 e. The predicted molar refractivity (Wildman–Crippen MR) is 113 cm³/mol. The molecule has 4 saturated heterocycles. The molecule has 0 radical (unpaired) electrons. The van der Waals surface area contributed by atoms with Crippen LogP contribution in [0.3, 0.4) is 0 Å². The highest BCUT2D eigenvalue weighted by atomic mass is 32.2. The fourth-order valence-corrected chi connectivity index (χ4v) is 7.17. The van der Waals surface area contributed by atoms with E-state index in [-0.39, 0.29) is 27.3 Å². The van der Waals surface area contributed by atoms with Crippen molar-refractivity contribution in [2.75, 3.05) is 5.94 Å². The van der Waals surface area contributed by atoms with Gasteiger partial charge in [0.1, 0.15) is 11.4 Å². The molecule has 4 heterocycles. The van der Waals surface area contributed by atoms with Crippen molar-refractivity contribution in [1.82, 2.24) is 0 Å². The van der Waals surface area contributed by atoms with Crippen molar-refractivity contribution in [3.63, 3.8) is 0 Å². The standard InChI is InChI=1S/C21H34O6S2/c1-12-7-8-15-13(2)16(28-11-23-18(22)29-19(3,4)5)24-17-21(15)14(12)9-10-20(6,25-17)26-27-21/h12-17H,7-11H2,1-6H3/t12-,13-,14+,15+,16+,17-,20+,21-/m1/s1. The Kier molecular flexibility index (Phi) is 6.02. The van der Waals surface area contributed by atoms with Gasteiger partial charge in [0.2, 0.25) is 5.79 Å². The van der Waals surface area contributed by atoms with Crippen molar-refractivity contribution >= 4 is 28.8 Å². The van der Waals surface area contributed by atoms with Crippen LogP contribution in [0.15, 0.2) is 0 Å². The zero-order chi connectivity index (χ0) is 21.0. The Labute approximate surface area is 182 Å². The summed E-state index contributed by atoms with van der Waals surface area (Å²) in [4.78, 5) is 24.0. The highest BCUT2D eigenvalue weighted by Crippen LogP contribution is 2.61. The molecule has 1 aliphatic carbocycles. The van der Waals surface area contributed by atoms with Gasteiger partial charge in [-0.25, -0.2) is 14.6 Å². The number of hydrogen-bond donors (Lipinski definition) is 0. The monoisotopic (exact) mass is 446 g/mol. The van der Waals surface area contributed by atoms with Crippen LogP contribution < -0.4 is 0 Å². The maximum absolute atomic E-state index is 12.0. The first kappa shape index (κ1) is 22.2. The van der Waals surface area contributed by atoms with Gasteiger partial charge in [0.15, 0.2) is 11.9 Å². The fraction of sp³-hybridized carbons (Fsp3) is 0.952. The Morgan fingerprint density at radius 1 is 1.14 bits per heavy atom. The van der Waals surface area contributed by atoms with E-state index in [0.29, 0.717) is 17.8 Å². The molecule has 2 bridgehead atoms. The maximum Gasteiger partial charge on any atom is 0.368 e. The average molecular weight is 447 g/mol. The van der Waals surface area contributed by atoms with Gasteiger partial charge in [-0.15, -0.1) is 0 Å². The third-order valence-electron chi connectivity index (χ3n) is 6.90. The Morgan fingerprint density at radius 2 is 1.90 bits per heavy atom. The molecular weight excluding hydrogens is 412 g/mol. The van der Waals surface area contributed by atoms with Crippen LogP contribution in [-0.4, -0.2) is 39.1 Å². The summed E-state index contributed by atoms with van der Waals surface area (Å²) in [6.07, 6.45) is 3.64. The van der Waals surface area contributed by atoms with Crippen LogP contribution in [0, 0.1) is 23.7 Å². The topological polar surface area (TPSA) is 63.2 Å². The minimum absolute atomic E-state index is 0.108. The molecule has 0 aromatic heterocycles. The molecule has 6 nitrogen and oxygen atoms in total. The number of hydrogen-bond acceptors (Lipinski definition) is 8. The Hall–Kier alpha value is 0.01000. The molecule has 0 aromatic rings. The van der Waals surface area contributed by atoms with E-state index in [9.17, 15) is 4.79 Å². The van der Waals surface area contributed by atoms with Gasteiger partial charge in [-0.05, 0) is 55.7 Å². The van der Waals surface area contributed by atoms with Gasteiger partial charge in [-0.2, -0.15) is 0 Å². The lowest BCUT2D eigenvalue weighted by atomic mass is 9.58. The zero-order valence-electron chi connectivity index (χ0n) is 18.3. The quantitative estimate of drug-likeness (QED) is 0.317. The SMILES string of the molecule is C[C@H]1[C@H](SCOC(=O)SC(C)(C)C)O[C@@H]2O[C@]3(C)CC[C@H]4[C@H](C)CC[C@@H]1[C@@]24OO3. The molecule has 0 aromatic carbocycles. The molecule has 0 amide bonds. The third-order valence-corrected chi connectivity index (χ3v) is 8.92. The van der Waals surface area contributed by atoms with Crippen molar-refractivity contribution < 1.29 is 28.8 Å². The molecule has 0 N–H and O–H groups in total. The van der Waals surface area contributed by atoms with Gasteiger partial charge in [0.05, 0.1) is 0 Å². The molecular formula is C21H34O6S2. The van der Waals surface area contributed by atoms with E-state index in [4.69, 9.17) is 24.0 Å². The molecule has 0 unspecified atom stereocenters. The van der Waals surface area contributed by atoms with E-state index in [0.717, 1.165) is 19.3 Å². The maximum atomic E-state index is 12.0. The molecule has 4 aliphatic heterocycles. The van der Waals surface area contributed by atoms with E-state index < -0.39 is 17.7 Å². The fourth-order valence-electron chi connectivity index (χ4n) is 5.49. The molecule has 5 rings (SSSR count). The van der Waals surface area contributed by atoms with E-state index >= 15 is 0 Å². The van der Waals surface area contributed by atoms with E-state index in [1.807, 2.05) is 27.7 Å². The normalized spacial score (nSPS) is 46.7. The number of ether oxygens (including phenoxy) is 3. The minimum atomic E-state index is -0.761. The van der Waals surface area contributed by atoms with Gasteiger partial charge in [-0.3, -0.25) is 0 Å². The second-order valence-corrected chi connectivity index (χ2v) is 13.0. The number of carbonyl (C=O) groups is 1. The number of carbonyl (C=O) groups excluding carboxylic acids is 1. The number of fused-ring (bicyclic) bond motifs is 2. The van der Waals surface area contributed by atoms with Crippen molar-refractivity contribution in [2.24, 2.45) is 23.7 Å². The molecule has 29 heavy (non-hydrogen) atoms.